The van der Waals surface area contributed by atoms with Crippen LogP contribution < -0.4 is 9.47 Å². The summed E-state index contributed by atoms with van der Waals surface area (Å²) in [7, 11) is 3.15. The van der Waals surface area contributed by atoms with E-state index in [0.717, 1.165) is 87.0 Å². The van der Waals surface area contributed by atoms with E-state index >= 15 is 0 Å². The molecule has 6 aromatic carbocycles. The summed E-state index contributed by atoms with van der Waals surface area (Å²) in [4.78, 5) is 87.8. The maximum Gasteiger partial charge on any atom is 0.314 e. The number of rotatable bonds is 36. The lowest BCUT2D eigenvalue weighted by Crippen LogP contribution is -2.10. The average Bonchev–Trinajstić information content (AvgIpc) is 0.851. The van der Waals surface area contributed by atoms with Crippen molar-refractivity contribution in [2.75, 3.05) is 61.3 Å². The fourth-order valence-corrected chi connectivity index (χ4v) is 11.9. The second-order valence-electron chi connectivity index (χ2n) is 26.4. The van der Waals surface area contributed by atoms with E-state index in [-0.39, 0.29) is 0 Å². The second-order valence-corrected chi connectivity index (χ2v) is 29.3. The van der Waals surface area contributed by atoms with Gasteiger partial charge in [0, 0.05) is 57.1 Å². The first kappa shape index (κ1) is 114. The van der Waals surface area contributed by atoms with Crippen LogP contribution in [0.2, 0.25) is 10.0 Å². The van der Waals surface area contributed by atoms with Gasteiger partial charge in [0.1, 0.15) is 47.0 Å². The van der Waals surface area contributed by atoms with E-state index in [1.54, 1.807) is 193 Å². The molecule has 8 atom stereocenters. The number of hydrogen-bond acceptors (Lipinski definition) is 10. The normalized spacial score (nSPS) is 13.7. The number of allylic oxidation sites excluding steroid dienone is 8. The molecule has 0 saturated heterocycles. The van der Waals surface area contributed by atoms with Crippen molar-refractivity contribution in [3.8, 4) is 11.5 Å². The molecule has 0 spiro atoms. The zero-order valence-electron chi connectivity index (χ0n) is 69.2. The number of carboxylic acid groups (broad SMARTS) is 8. The molecular weight excluding hydrogens is 1750 g/mol. The molecule has 0 saturated carbocycles. The van der Waals surface area contributed by atoms with Gasteiger partial charge in [0.15, 0.2) is 0 Å². The molecule has 0 amide bonds. The van der Waals surface area contributed by atoms with Crippen molar-refractivity contribution in [1.29, 1.82) is 0 Å². The van der Waals surface area contributed by atoms with Crippen molar-refractivity contribution in [2.45, 2.75) is 130 Å². The van der Waals surface area contributed by atoms with Crippen LogP contribution in [0.1, 0.15) is 164 Å². The molecular formula is C92H110Cl10O18. The van der Waals surface area contributed by atoms with Crippen molar-refractivity contribution < 1.29 is 88.7 Å². The van der Waals surface area contributed by atoms with E-state index in [4.69, 9.17) is 146 Å². The molecule has 6 aromatic rings. The number of aliphatic carboxylic acids is 8. The Morgan fingerprint density at radius 3 is 0.742 bits per heavy atom. The number of benzene rings is 6. The average molecular weight is 1860 g/mol. The molecule has 0 aromatic heterocycles. The van der Waals surface area contributed by atoms with Gasteiger partial charge in [-0.3, -0.25) is 38.4 Å². The predicted octanol–water partition coefficient (Wildman–Crippen LogP) is 24.9. The molecule has 0 unspecified atom stereocenters. The van der Waals surface area contributed by atoms with E-state index in [0.29, 0.717) is 85.3 Å². The molecule has 0 fully saturated rings. The number of methoxy groups -OCH3 is 2. The molecule has 6 rings (SSSR count). The van der Waals surface area contributed by atoms with Crippen molar-refractivity contribution in [3.63, 3.8) is 0 Å². The first-order valence-corrected chi connectivity index (χ1v) is 42.6. The van der Waals surface area contributed by atoms with Gasteiger partial charge >= 0.3 is 47.8 Å². The lowest BCUT2D eigenvalue weighted by molar-refractivity contribution is -0.140. The number of ether oxygens (including phenoxy) is 2. The zero-order valence-corrected chi connectivity index (χ0v) is 76.7. The molecule has 0 bridgehead atoms. The minimum absolute atomic E-state index is 0.314. The minimum Gasteiger partial charge on any atom is -0.497 e. The summed E-state index contributed by atoms with van der Waals surface area (Å²) >= 11 is 57.1. The highest BCUT2D eigenvalue weighted by Gasteiger charge is 2.24. The summed E-state index contributed by atoms with van der Waals surface area (Å²) in [5.74, 6) is -7.50. The van der Waals surface area contributed by atoms with Crippen LogP contribution >= 0.6 is 116 Å². The maximum absolute atomic E-state index is 11.3. The van der Waals surface area contributed by atoms with Crippen LogP contribution in [0, 0.1) is 11.8 Å². The van der Waals surface area contributed by atoms with Crippen molar-refractivity contribution in [2.24, 2.45) is 11.8 Å². The highest BCUT2D eigenvalue weighted by molar-refractivity contribution is 6.32. The Kier molecular flexibility index (Phi) is 62.6. The number of carbonyl (C=O) groups is 8. The van der Waals surface area contributed by atoms with Crippen LogP contribution in [-0.2, 0) is 38.4 Å². The fourth-order valence-electron chi connectivity index (χ4n) is 9.92. The van der Waals surface area contributed by atoms with Gasteiger partial charge in [-0.25, -0.2) is 0 Å². The summed E-state index contributed by atoms with van der Waals surface area (Å²) in [6, 6.07) is 46.2. The predicted molar refractivity (Wildman–Crippen MR) is 492 cm³/mol. The molecule has 28 heteroatoms. The van der Waals surface area contributed by atoms with E-state index < -0.39 is 95.1 Å². The summed E-state index contributed by atoms with van der Waals surface area (Å²) in [5, 5.41) is 73.0. The van der Waals surface area contributed by atoms with Gasteiger partial charge in [0.05, 0.1) is 26.1 Å². The third-order valence-corrected chi connectivity index (χ3v) is 20.8. The largest absolute Gasteiger partial charge is 0.497 e. The molecule has 0 heterocycles. The standard InChI is InChI=1S/C14H17ClO3.C13H14Cl2O2.C13H15ClO3.C13H15ClO2.C12H12Cl2O2.C12H13ClO2.C8H13ClO2.C7H11ClO2/c1-3-10(9-15)8-13(14(16)17)11-4-6-12(18-2)7-5-11;1-2-9(8-14)7-11(13(16)17)10-5-3-4-6-12(10)15;1-9(8-14)7-12(13(15)16)10-3-5-11(17-2)6-4-10;1-2-10(9-14)8-12(13(15)16)11-6-4-3-5-7-11;1-8(7-13)6-10(12(15)16)9-4-2-3-5-11(9)14;1-9(8-13)7-11(12(14)15)10-5-3-2-4-6-10;1-3-7(5-9)4-6(2)8(10)11;1-5(4-8)3-6(2)7(9)10/h4-8,13H,3,9H2,1-2H3,(H,16,17);3-7,11H,2,8H2,1H3,(H,16,17);3-7,12H,8H2,1-2H3,(H,15,16);3-8,12H,2,9H2,1H3,(H,15,16);2-6,10H,7H2,1H3,(H,15,16);2-7,11H,8H2,1H3,(H,14,15);4,6H,3,5H2,1-2H3,(H,10,11);3,6H,4H2,1-2H3,(H,9,10)/b10-8+;2*9-7+;10-8+;8-6+;9-7+;7-4+;5-3+/t13-;11-;2*12-;10-;11-;2*6-/m11010001/s1. The first-order valence-electron chi connectivity index (χ1n) is 37.5. The number of alkyl halides is 8. The van der Waals surface area contributed by atoms with Crippen LogP contribution in [0.4, 0.5) is 0 Å². The Bertz CT molecular complexity index is 4310. The van der Waals surface area contributed by atoms with Gasteiger partial charge in [-0.2, -0.15) is 0 Å². The quantitative estimate of drug-likeness (QED) is 0.0134. The van der Waals surface area contributed by atoms with E-state index in [9.17, 15) is 58.8 Å². The third-order valence-electron chi connectivity index (χ3n) is 17.1. The lowest BCUT2D eigenvalue weighted by Gasteiger charge is -2.12. The van der Waals surface area contributed by atoms with Crippen LogP contribution in [0.15, 0.2) is 251 Å². The molecule has 0 aliphatic rings. The Hall–Kier alpha value is -8.50. The van der Waals surface area contributed by atoms with E-state index in [1.165, 1.54) is 0 Å². The Morgan fingerprint density at radius 2 is 0.500 bits per heavy atom. The van der Waals surface area contributed by atoms with E-state index in [2.05, 4.69) is 0 Å². The highest BCUT2D eigenvalue weighted by Crippen LogP contribution is 2.31. The van der Waals surface area contributed by atoms with Crippen molar-refractivity contribution >= 4 is 164 Å². The van der Waals surface area contributed by atoms with Crippen molar-refractivity contribution in [1.82, 2.24) is 0 Å². The molecule has 0 aliphatic carbocycles. The van der Waals surface area contributed by atoms with Gasteiger partial charge in [-0.05, 0) is 137 Å². The van der Waals surface area contributed by atoms with Crippen LogP contribution in [0.25, 0.3) is 0 Å². The van der Waals surface area contributed by atoms with Crippen molar-refractivity contribution in [3.05, 3.63) is 294 Å². The monoisotopic (exact) mass is 1850 g/mol. The molecule has 0 radical (unpaired) electrons. The maximum atomic E-state index is 11.3. The lowest BCUT2D eigenvalue weighted by atomic mass is 9.96. The molecule has 18 nitrogen and oxygen atoms in total. The second kappa shape index (κ2) is 66.2. The molecule has 8 N–H and O–H groups in total. The van der Waals surface area contributed by atoms with Crippen LogP contribution in [-0.4, -0.2) is 150 Å². The van der Waals surface area contributed by atoms with Crippen LogP contribution in [0.5, 0.6) is 11.5 Å². The number of hydrogen-bond donors (Lipinski definition) is 8. The van der Waals surface area contributed by atoms with Gasteiger partial charge in [-0.15, -0.1) is 92.8 Å². The van der Waals surface area contributed by atoms with E-state index in [1.807, 2.05) is 97.0 Å². The zero-order chi connectivity index (χ0) is 91.6. The van der Waals surface area contributed by atoms with Gasteiger partial charge in [0.2, 0.25) is 0 Å². The number of carboxylic acids is 8. The van der Waals surface area contributed by atoms with Gasteiger partial charge < -0.3 is 50.3 Å². The summed E-state index contributed by atoms with van der Waals surface area (Å²) in [6.07, 6.45) is 16.5. The Balaban J connectivity index is 0. The van der Waals surface area contributed by atoms with Gasteiger partial charge in [0.25, 0.3) is 0 Å². The highest BCUT2D eigenvalue weighted by atomic mass is 35.5. The fraction of sp³-hybridized carbons (Fsp3) is 0.348. The molecule has 0 aliphatic heterocycles. The SMILES string of the molecule is C/C(=C\[C@@H](C)C(=O)O)CCl.C/C(=C\[C@H](C(=O)O)c1ccccc1)CCl.C/C(=C\[C@H](C(=O)O)c1ccccc1Cl)CCl.CC/C(=C\[C@@H](C(=O)O)c1ccc(OC)cc1)CCl.CC/C(=C\[C@@H](C(=O)O)c1ccccc1)CCl.CC/C(=C\[C@@H](C(=O)O)c1ccccc1Cl)CCl.CC/C(=C\[C@H](C)C(=O)O)CCl.COc1ccc([C@H](/C=C(\C)CCl)C(=O)O)cc1. The smallest absolute Gasteiger partial charge is 0.314 e. The summed E-state index contributed by atoms with van der Waals surface area (Å²) in [6.45, 7) is 18.3. The summed E-state index contributed by atoms with van der Waals surface area (Å²) < 4.78 is 10.1. The third kappa shape index (κ3) is 47.1. The minimum atomic E-state index is -0.933. The Labute approximate surface area is 756 Å². The topological polar surface area (TPSA) is 317 Å². The van der Waals surface area contributed by atoms with Gasteiger partial charge in [-0.1, -0.05) is 265 Å². The Morgan fingerprint density at radius 1 is 0.283 bits per heavy atom. The summed E-state index contributed by atoms with van der Waals surface area (Å²) in [5.41, 5.74) is 11.4. The number of halogens is 10. The van der Waals surface area contributed by atoms with Crippen LogP contribution in [0.3, 0.4) is 0 Å². The first-order chi connectivity index (χ1) is 56.9. The molecule has 120 heavy (non-hydrogen) atoms. The molecule has 656 valence electrons.